The zero-order valence-corrected chi connectivity index (χ0v) is 10.3. The highest BCUT2D eigenvalue weighted by molar-refractivity contribution is 6.22. The van der Waals surface area contributed by atoms with Gasteiger partial charge in [-0.15, -0.1) is 6.42 Å². The van der Waals surface area contributed by atoms with Gasteiger partial charge in [-0.2, -0.15) is 0 Å². The number of terminal acetylenes is 1. The van der Waals surface area contributed by atoms with E-state index in [2.05, 4.69) is 5.92 Å². The Hall–Kier alpha value is -2.37. The molecule has 0 saturated carbocycles. The van der Waals surface area contributed by atoms with Crippen LogP contribution in [-0.4, -0.2) is 19.0 Å². The van der Waals surface area contributed by atoms with E-state index in [1.165, 1.54) is 0 Å². The molecule has 0 amide bonds. The second kappa shape index (κ2) is 4.72. The Bertz CT molecular complexity index is 727. The van der Waals surface area contributed by atoms with Crippen molar-refractivity contribution < 1.29 is 9.53 Å². The number of carbonyl (C=O) groups excluding carboxylic acids is 1. The summed E-state index contributed by atoms with van der Waals surface area (Å²) in [5, 5.41) is 2.11. The second-order valence-corrected chi connectivity index (χ2v) is 4.45. The van der Waals surface area contributed by atoms with E-state index in [0.29, 0.717) is 5.57 Å². The van der Waals surface area contributed by atoms with Crippen molar-refractivity contribution in [3.8, 4) is 12.3 Å². The van der Waals surface area contributed by atoms with Gasteiger partial charge in [0.1, 0.15) is 6.61 Å². The molecule has 1 aliphatic carbocycles. The predicted molar refractivity (Wildman–Crippen MR) is 75.9 cm³/mol. The van der Waals surface area contributed by atoms with Crippen LogP contribution >= 0.6 is 0 Å². The standard InChI is InChI=1S/C17H12O2/c1-2-9-19-11-14-10-13-7-3-5-12-6-4-8-15(16(12)13)17(14)18/h1,3-8,10H,9,11H2. The monoisotopic (exact) mass is 248 g/mol. The van der Waals surface area contributed by atoms with Crippen molar-refractivity contribution in [2.75, 3.05) is 13.2 Å². The number of hydrogen-bond acceptors (Lipinski definition) is 2. The van der Waals surface area contributed by atoms with Gasteiger partial charge in [0.25, 0.3) is 0 Å². The maximum atomic E-state index is 12.4. The number of hydrogen-bond donors (Lipinski definition) is 0. The van der Waals surface area contributed by atoms with Gasteiger partial charge in [0.05, 0.1) is 6.61 Å². The molecule has 0 fully saturated rings. The maximum Gasteiger partial charge on any atom is 0.192 e. The third kappa shape index (κ3) is 1.95. The zero-order chi connectivity index (χ0) is 13.2. The lowest BCUT2D eigenvalue weighted by Gasteiger charge is -2.16. The highest BCUT2D eigenvalue weighted by Crippen LogP contribution is 2.31. The molecule has 19 heavy (non-hydrogen) atoms. The third-order valence-electron chi connectivity index (χ3n) is 3.25. The van der Waals surface area contributed by atoms with E-state index in [1.54, 1.807) is 0 Å². The molecule has 0 N–H and O–H groups in total. The minimum absolute atomic E-state index is 0.0290. The van der Waals surface area contributed by atoms with E-state index in [0.717, 1.165) is 21.9 Å². The van der Waals surface area contributed by atoms with Gasteiger partial charge in [0.15, 0.2) is 5.78 Å². The number of ether oxygens (including phenoxy) is 1. The van der Waals surface area contributed by atoms with Crippen LogP contribution in [-0.2, 0) is 4.74 Å². The topological polar surface area (TPSA) is 26.3 Å². The van der Waals surface area contributed by atoms with Crippen LogP contribution in [0.5, 0.6) is 0 Å². The molecule has 0 bridgehead atoms. The number of ketones is 1. The quantitative estimate of drug-likeness (QED) is 0.616. The van der Waals surface area contributed by atoms with Gasteiger partial charge >= 0.3 is 0 Å². The maximum absolute atomic E-state index is 12.4. The normalized spacial score (nSPS) is 13.2. The zero-order valence-electron chi connectivity index (χ0n) is 10.3. The molecule has 2 aromatic rings. The molecule has 0 atom stereocenters. The summed E-state index contributed by atoms with van der Waals surface area (Å²) in [6.07, 6.45) is 7.03. The molecule has 0 saturated heterocycles. The first-order valence-electron chi connectivity index (χ1n) is 6.09. The summed E-state index contributed by atoms with van der Waals surface area (Å²) in [6.45, 7) is 0.476. The lowest BCUT2D eigenvalue weighted by Crippen LogP contribution is -2.13. The summed E-state index contributed by atoms with van der Waals surface area (Å²) in [5.74, 6) is 2.43. The Kier molecular flexibility index (Phi) is 2.91. The molecular formula is C17H12O2. The summed E-state index contributed by atoms with van der Waals surface area (Å²) >= 11 is 0. The van der Waals surface area contributed by atoms with Crippen molar-refractivity contribution in [3.05, 3.63) is 53.1 Å². The fraction of sp³-hybridized carbons (Fsp3) is 0.118. The fourth-order valence-electron chi connectivity index (χ4n) is 2.43. The number of rotatable bonds is 3. The van der Waals surface area contributed by atoms with Gasteiger partial charge in [-0.1, -0.05) is 42.3 Å². The van der Waals surface area contributed by atoms with Crippen molar-refractivity contribution in [1.29, 1.82) is 0 Å². The summed E-state index contributed by atoms with van der Waals surface area (Å²) < 4.78 is 5.28. The molecule has 3 rings (SSSR count). The summed E-state index contributed by atoms with van der Waals surface area (Å²) in [4.78, 5) is 12.4. The highest BCUT2D eigenvalue weighted by atomic mass is 16.5. The first-order chi connectivity index (χ1) is 9.31. The van der Waals surface area contributed by atoms with Crippen molar-refractivity contribution in [3.63, 3.8) is 0 Å². The minimum Gasteiger partial charge on any atom is -0.364 e. The van der Waals surface area contributed by atoms with E-state index >= 15 is 0 Å². The van der Waals surface area contributed by atoms with Crippen LogP contribution < -0.4 is 0 Å². The highest BCUT2D eigenvalue weighted by Gasteiger charge is 2.21. The molecule has 0 spiro atoms. The van der Waals surface area contributed by atoms with E-state index in [1.807, 2.05) is 42.5 Å². The molecule has 0 unspecified atom stereocenters. The van der Waals surface area contributed by atoms with Gasteiger partial charge in [-0.05, 0) is 17.0 Å². The third-order valence-corrected chi connectivity index (χ3v) is 3.25. The Labute approximate surface area is 111 Å². The van der Waals surface area contributed by atoms with E-state index in [-0.39, 0.29) is 19.0 Å². The van der Waals surface area contributed by atoms with Gasteiger partial charge in [0.2, 0.25) is 0 Å². The molecule has 1 aliphatic rings. The van der Waals surface area contributed by atoms with Crippen LogP contribution in [0.25, 0.3) is 16.8 Å². The molecular weight excluding hydrogens is 236 g/mol. The Morgan fingerprint density at radius 3 is 2.74 bits per heavy atom. The largest absolute Gasteiger partial charge is 0.364 e. The minimum atomic E-state index is 0.0290. The smallest absolute Gasteiger partial charge is 0.192 e. The van der Waals surface area contributed by atoms with Gasteiger partial charge in [-0.25, -0.2) is 0 Å². The molecule has 0 heterocycles. The van der Waals surface area contributed by atoms with Crippen LogP contribution in [0, 0.1) is 12.3 Å². The Morgan fingerprint density at radius 2 is 1.95 bits per heavy atom. The second-order valence-electron chi connectivity index (χ2n) is 4.45. The number of benzene rings is 2. The summed E-state index contributed by atoms with van der Waals surface area (Å²) in [5.41, 5.74) is 2.46. The molecule has 2 heteroatoms. The molecule has 0 aromatic heterocycles. The van der Waals surface area contributed by atoms with Gasteiger partial charge < -0.3 is 4.74 Å². The van der Waals surface area contributed by atoms with Crippen LogP contribution in [0.4, 0.5) is 0 Å². The first kappa shape index (κ1) is 11.7. The molecule has 2 nitrogen and oxygen atoms in total. The molecule has 0 aliphatic heterocycles. The Balaban J connectivity index is 2.09. The van der Waals surface area contributed by atoms with E-state index in [4.69, 9.17) is 11.2 Å². The number of carbonyl (C=O) groups is 1. The van der Waals surface area contributed by atoms with E-state index < -0.39 is 0 Å². The predicted octanol–water partition coefficient (Wildman–Crippen LogP) is 3.07. The van der Waals surface area contributed by atoms with Gasteiger partial charge in [-0.3, -0.25) is 4.79 Å². The lowest BCUT2D eigenvalue weighted by atomic mass is 9.88. The van der Waals surface area contributed by atoms with Gasteiger partial charge in [0, 0.05) is 16.5 Å². The Morgan fingerprint density at radius 1 is 1.16 bits per heavy atom. The van der Waals surface area contributed by atoms with Crippen molar-refractivity contribution in [2.45, 2.75) is 0 Å². The van der Waals surface area contributed by atoms with Crippen LogP contribution in [0.15, 0.2) is 42.0 Å². The molecule has 92 valence electrons. The van der Waals surface area contributed by atoms with Crippen LogP contribution in [0.2, 0.25) is 0 Å². The van der Waals surface area contributed by atoms with E-state index in [9.17, 15) is 4.79 Å². The van der Waals surface area contributed by atoms with Crippen molar-refractivity contribution >= 4 is 22.6 Å². The molecule has 2 aromatic carbocycles. The average molecular weight is 248 g/mol. The van der Waals surface area contributed by atoms with Crippen molar-refractivity contribution in [1.82, 2.24) is 0 Å². The van der Waals surface area contributed by atoms with Crippen LogP contribution in [0.1, 0.15) is 15.9 Å². The number of Topliss-reactive ketones (excluding diaryl/α,β-unsaturated/α-hetero) is 1. The average Bonchev–Trinajstić information content (AvgIpc) is 2.44. The summed E-state index contributed by atoms with van der Waals surface area (Å²) in [7, 11) is 0. The molecule has 0 radical (unpaired) electrons. The first-order valence-corrected chi connectivity index (χ1v) is 6.09. The SMILES string of the molecule is C#CCOCC1=Cc2cccc3cccc(c23)C1=O. The fourth-order valence-corrected chi connectivity index (χ4v) is 2.43. The summed E-state index contributed by atoms with van der Waals surface area (Å²) in [6, 6.07) is 11.8. The lowest BCUT2D eigenvalue weighted by molar-refractivity contribution is 0.100. The van der Waals surface area contributed by atoms with Crippen LogP contribution in [0.3, 0.4) is 0 Å². The van der Waals surface area contributed by atoms with Crippen molar-refractivity contribution in [2.24, 2.45) is 0 Å².